The predicted molar refractivity (Wildman–Crippen MR) is 112 cm³/mol. The van der Waals surface area contributed by atoms with E-state index in [9.17, 15) is 14.4 Å². The molecule has 11 heteroatoms. The van der Waals surface area contributed by atoms with Crippen LogP contribution in [0.5, 0.6) is 11.5 Å². The summed E-state index contributed by atoms with van der Waals surface area (Å²) in [5.41, 5.74) is -0.648. The fourth-order valence-electron chi connectivity index (χ4n) is 3.17. The van der Waals surface area contributed by atoms with Crippen LogP contribution in [0.3, 0.4) is 0 Å². The van der Waals surface area contributed by atoms with Gasteiger partial charge in [0, 0.05) is 12.1 Å². The van der Waals surface area contributed by atoms with E-state index in [1.165, 1.54) is 12.1 Å². The Kier molecular flexibility index (Phi) is 5.50. The van der Waals surface area contributed by atoms with Gasteiger partial charge in [-0.1, -0.05) is 23.2 Å². The molecule has 156 valence electrons. The van der Waals surface area contributed by atoms with Crippen LogP contribution in [0.15, 0.2) is 39.9 Å². The largest absolute Gasteiger partial charge is 0.454 e. The lowest BCUT2D eigenvalue weighted by molar-refractivity contribution is 0.0956. The maximum Gasteiger partial charge on any atom is 0.349 e. The Morgan fingerprint density at radius 3 is 2.58 bits per heavy atom. The second-order valence-corrected chi connectivity index (χ2v) is 7.46. The van der Waals surface area contributed by atoms with E-state index in [1.54, 1.807) is 24.3 Å². The number of fused-ring (bicyclic) bond motifs is 1. The molecular formula is C20H13Cl2N5O4. The lowest BCUT2D eigenvalue weighted by Crippen LogP contribution is -2.33. The summed E-state index contributed by atoms with van der Waals surface area (Å²) >= 11 is 12.7. The Morgan fingerprint density at radius 2 is 1.87 bits per heavy atom. The number of H-pyrrole nitrogens is 1. The number of carbonyl (C=O) groups is 1. The predicted octanol–water partition coefficient (Wildman–Crippen LogP) is 2.57. The highest BCUT2D eigenvalue weighted by Gasteiger charge is 2.18. The number of aromatic amines is 1. The normalized spacial score (nSPS) is 13.0. The molecule has 2 N–H and O–H groups in total. The third-order valence-electron chi connectivity index (χ3n) is 4.61. The van der Waals surface area contributed by atoms with Crippen LogP contribution in [-0.2, 0) is 6.42 Å². The summed E-state index contributed by atoms with van der Waals surface area (Å²) in [4.78, 5) is 37.7. The van der Waals surface area contributed by atoms with E-state index in [0.29, 0.717) is 24.3 Å². The van der Waals surface area contributed by atoms with Crippen molar-refractivity contribution in [2.75, 3.05) is 6.54 Å². The van der Waals surface area contributed by atoms with E-state index in [-0.39, 0.29) is 27.4 Å². The molecule has 0 saturated heterocycles. The first kappa shape index (κ1) is 20.7. The number of carbonyl (C=O) groups excluding carboxylic acids is 1. The highest BCUT2D eigenvalue weighted by atomic mass is 35.5. The lowest BCUT2D eigenvalue weighted by Gasteiger charge is -2.13. The van der Waals surface area contributed by atoms with Gasteiger partial charge >= 0.3 is 5.69 Å². The van der Waals surface area contributed by atoms with Gasteiger partial charge in [-0.15, -0.1) is 5.10 Å². The van der Waals surface area contributed by atoms with Gasteiger partial charge in [-0.2, -0.15) is 9.94 Å². The fourth-order valence-corrected chi connectivity index (χ4v) is 3.72. The van der Waals surface area contributed by atoms with Crippen LogP contribution in [0, 0.1) is 11.3 Å². The molecule has 0 saturated carbocycles. The Hall–Kier alpha value is -3.61. The number of aryl methyl sites for hydroxylation is 1. The Bertz CT molecular complexity index is 1350. The zero-order chi connectivity index (χ0) is 22.1. The van der Waals surface area contributed by atoms with Crippen molar-refractivity contribution < 1.29 is 9.53 Å². The second-order valence-electron chi connectivity index (χ2n) is 6.65. The van der Waals surface area contributed by atoms with Crippen molar-refractivity contribution in [1.82, 2.24) is 20.1 Å². The molecule has 9 nitrogen and oxygen atoms in total. The zero-order valence-corrected chi connectivity index (χ0v) is 17.3. The van der Waals surface area contributed by atoms with Crippen LogP contribution in [0.2, 0.25) is 10.0 Å². The molecule has 1 aliphatic heterocycles. The van der Waals surface area contributed by atoms with Crippen molar-refractivity contribution in [2.24, 2.45) is 0 Å². The molecule has 1 amide bonds. The molecule has 2 aromatic carbocycles. The van der Waals surface area contributed by atoms with Crippen molar-refractivity contribution in [3.05, 3.63) is 78.0 Å². The Balaban J connectivity index is 1.70. The average molecular weight is 458 g/mol. The number of rotatable bonds is 3. The van der Waals surface area contributed by atoms with E-state index in [0.717, 1.165) is 16.7 Å². The molecule has 1 aromatic heterocycles. The minimum Gasteiger partial charge on any atom is -0.454 e. The van der Waals surface area contributed by atoms with E-state index in [4.69, 9.17) is 33.2 Å². The molecule has 0 spiro atoms. The molecule has 4 rings (SSSR count). The smallest absolute Gasteiger partial charge is 0.349 e. The van der Waals surface area contributed by atoms with Crippen molar-refractivity contribution in [3.8, 4) is 23.3 Å². The molecule has 0 aliphatic carbocycles. The molecule has 31 heavy (non-hydrogen) atoms. The minimum atomic E-state index is -0.891. The number of nitriles is 1. The maximum atomic E-state index is 12.1. The molecule has 0 bridgehead atoms. The molecule has 3 aromatic rings. The molecule has 0 atom stereocenters. The number of hydrogen-bond donors (Lipinski definition) is 2. The van der Waals surface area contributed by atoms with Crippen LogP contribution >= 0.6 is 23.2 Å². The molecule has 0 radical (unpaired) electrons. The number of amides is 1. The molecule has 0 fully saturated rings. The SMILES string of the molecule is N#Cc1nn(-c2cc(Cl)c(Oc3ccc4c(c3)CCCNC4=O)c(Cl)c2)c(=O)[nH]c1=O. The maximum absolute atomic E-state index is 12.1. The first-order valence-electron chi connectivity index (χ1n) is 9.09. The lowest BCUT2D eigenvalue weighted by atomic mass is 10.0. The van der Waals surface area contributed by atoms with Gasteiger partial charge in [-0.25, -0.2) is 4.79 Å². The van der Waals surface area contributed by atoms with Gasteiger partial charge in [-0.05, 0) is 48.7 Å². The summed E-state index contributed by atoms with van der Waals surface area (Å²) in [5, 5.41) is 15.7. The monoisotopic (exact) mass is 457 g/mol. The first-order chi connectivity index (χ1) is 14.9. The van der Waals surface area contributed by atoms with Gasteiger partial charge in [0.05, 0.1) is 15.7 Å². The summed E-state index contributed by atoms with van der Waals surface area (Å²) in [6.07, 6.45) is 1.53. The van der Waals surface area contributed by atoms with E-state index < -0.39 is 16.9 Å². The number of nitrogens with one attached hydrogen (secondary N) is 2. The number of nitrogens with zero attached hydrogens (tertiary/aromatic N) is 3. The number of aromatic nitrogens is 3. The van der Waals surface area contributed by atoms with Crippen LogP contribution in [0.4, 0.5) is 0 Å². The number of ether oxygens (including phenoxy) is 1. The van der Waals surface area contributed by atoms with Crippen LogP contribution in [0.25, 0.3) is 5.69 Å². The van der Waals surface area contributed by atoms with E-state index >= 15 is 0 Å². The highest BCUT2D eigenvalue weighted by Crippen LogP contribution is 2.38. The van der Waals surface area contributed by atoms with Gasteiger partial charge in [-0.3, -0.25) is 14.6 Å². The number of hydrogen-bond acceptors (Lipinski definition) is 6. The van der Waals surface area contributed by atoms with Gasteiger partial charge in [0.2, 0.25) is 5.69 Å². The topological polar surface area (TPSA) is 130 Å². The second kappa shape index (κ2) is 8.26. The molecule has 0 unspecified atom stereocenters. The number of benzene rings is 2. The van der Waals surface area contributed by atoms with Crippen molar-refractivity contribution in [2.45, 2.75) is 12.8 Å². The van der Waals surface area contributed by atoms with E-state index in [1.807, 2.05) is 4.98 Å². The van der Waals surface area contributed by atoms with Crippen molar-refractivity contribution in [3.63, 3.8) is 0 Å². The minimum absolute atomic E-state index is 0.0774. The van der Waals surface area contributed by atoms with Gasteiger partial charge < -0.3 is 10.1 Å². The quantitative estimate of drug-likeness (QED) is 0.621. The zero-order valence-electron chi connectivity index (χ0n) is 15.7. The summed E-state index contributed by atoms with van der Waals surface area (Å²) < 4.78 is 6.66. The molecular weight excluding hydrogens is 445 g/mol. The van der Waals surface area contributed by atoms with Crippen LogP contribution in [0.1, 0.15) is 28.0 Å². The standard InChI is InChI=1S/C20H13Cl2N5O4/c21-14-7-11(27-20(30)25-19(29)16(9-23)26-27)8-15(22)17(14)31-12-3-4-13-10(6-12)2-1-5-24-18(13)28/h3-4,6-8H,1-2,5H2,(H,24,28)(H,25,29,30). The van der Waals surface area contributed by atoms with Gasteiger partial charge in [0.15, 0.2) is 5.75 Å². The van der Waals surface area contributed by atoms with Crippen LogP contribution in [-0.4, -0.2) is 27.2 Å². The fraction of sp³-hybridized carbons (Fsp3) is 0.150. The Labute approximate surface area is 184 Å². The van der Waals surface area contributed by atoms with E-state index in [2.05, 4.69) is 10.4 Å². The number of halogens is 2. The molecule has 1 aliphatic rings. The highest BCUT2D eigenvalue weighted by molar-refractivity contribution is 6.37. The van der Waals surface area contributed by atoms with Crippen molar-refractivity contribution >= 4 is 29.1 Å². The summed E-state index contributed by atoms with van der Waals surface area (Å²) in [7, 11) is 0. The summed E-state index contributed by atoms with van der Waals surface area (Å²) in [6.45, 7) is 0.606. The van der Waals surface area contributed by atoms with Gasteiger partial charge in [0.25, 0.3) is 11.5 Å². The summed E-state index contributed by atoms with van der Waals surface area (Å²) in [6, 6.07) is 9.41. The Morgan fingerprint density at radius 1 is 1.13 bits per heavy atom. The van der Waals surface area contributed by atoms with Crippen LogP contribution < -0.4 is 21.3 Å². The third kappa shape index (κ3) is 4.03. The molecule has 2 heterocycles. The summed E-state index contributed by atoms with van der Waals surface area (Å²) in [5.74, 6) is 0.453. The van der Waals surface area contributed by atoms with Gasteiger partial charge in [0.1, 0.15) is 11.8 Å². The van der Waals surface area contributed by atoms with Crippen molar-refractivity contribution in [1.29, 1.82) is 5.26 Å². The average Bonchev–Trinajstić information content (AvgIpc) is 2.92. The first-order valence-corrected chi connectivity index (χ1v) is 9.85. The third-order valence-corrected chi connectivity index (χ3v) is 5.17.